The molecule has 2 aliphatic rings. The molecule has 0 saturated carbocycles. The Kier molecular flexibility index (Phi) is 10.8. The zero-order chi connectivity index (χ0) is 30.3. The maximum absolute atomic E-state index is 13.7. The number of urea groups is 1. The molecule has 42 heavy (non-hydrogen) atoms. The van der Waals surface area contributed by atoms with Crippen LogP contribution < -0.4 is 16.0 Å². The van der Waals surface area contributed by atoms with Gasteiger partial charge in [-0.05, 0) is 48.6 Å². The van der Waals surface area contributed by atoms with Crippen LogP contribution in [0.25, 0.3) is 0 Å². The number of fused-ring (bicyclic) bond motifs is 1. The number of amides is 3. The summed E-state index contributed by atoms with van der Waals surface area (Å²) >= 11 is 0. The van der Waals surface area contributed by atoms with E-state index in [9.17, 15) is 23.1 Å². The summed E-state index contributed by atoms with van der Waals surface area (Å²) in [6.07, 6.45) is -1.84. The van der Waals surface area contributed by atoms with Crippen LogP contribution in [-0.4, -0.2) is 87.8 Å². The minimum atomic E-state index is -4.03. The van der Waals surface area contributed by atoms with Gasteiger partial charge in [-0.3, -0.25) is 0 Å². The van der Waals surface area contributed by atoms with E-state index in [4.69, 9.17) is 14.2 Å². The largest absolute Gasteiger partial charge is 0.443 e. The lowest BCUT2D eigenvalue weighted by Crippen LogP contribution is -2.51. The van der Waals surface area contributed by atoms with Crippen molar-refractivity contribution < 1.29 is 37.3 Å². The van der Waals surface area contributed by atoms with Crippen LogP contribution >= 0.6 is 0 Å². The number of benzene rings is 2. The number of rotatable bonds is 12. The first kappa shape index (κ1) is 31.7. The Balaban J connectivity index is 1.50. The number of carbonyl (C=O) groups is 2. The summed E-state index contributed by atoms with van der Waals surface area (Å²) < 4.78 is 45.4. The summed E-state index contributed by atoms with van der Waals surface area (Å²) in [5, 5.41) is 19.2. The maximum Gasteiger partial charge on any atom is 0.407 e. The molecule has 4 N–H and O–H groups in total. The molecule has 3 amide bonds. The lowest BCUT2D eigenvalue weighted by Gasteiger charge is -2.31. The van der Waals surface area contributed by atoms with E-state index >= 15 is 0 Å². The van der Waals surface area contributed by atoms with E-state index in [1.807, 2.05) is 44.2 Å². The highest BCUT2D eigenvalue weighted by Gasteiger charge is 2.44. The third-order valence-corrected chi connectivity index (χ3v) is 9.09. The van der Waals surface area contributed by atoms with Gasteiger partial charge in [-0.25, -0.2) is 18.0 Å². The standard InChI is InChI=1S/C29H40N4O8S/c1-19(2)16-33(42(37,38)22-11-9-21(10-12-22)31-28(35)30-3)17-25(34)24(15-20-7-5-4-6-8-20)32-29(36)41-26-18-40-27-23(26)13-14-39-27/h4-12,19,23-27,34H,13-18H2,1-3H3,(H,32,36)(H2,30,31,35)/t23-,24-,25+,26-,27+/m0/s1. The zero-order valence-electron chi connectivity index (χ0n) is 24.1. The molecule has 2 aliphatic heterocycles. The van der Waals surface area contributed by atoms with Gasteiger partial charge in [0.1, 0.15) is 6.10 Å². The quantitative estimate of drug-likeness (QED) is 0.288. The van der Waals surface area contributed by atoms with Gasteiger partial charge in [-0.15, -0.1) is 0 Å². The lowest BCUT2D eigenvalue weighted by atomic mass is 10.0. The van der Waals surface area contributed by atoms with Gasteiger partial charge in [0.2, 0.25) is 10.0 Å². The number of aliphatic hydroxyl groups is 1. The van der Waals surface area contributed by atoms with Crippen LogP contribution in [0.3, 0.4) is 0 Å². The van der Waals surface area contributed by atoms with Crippen LogP contribution in [0.1, 0.15) is 25.8 Å². The van der Waals surface area contributed by atoms with Crippen molar-refractivity contribution in [1.29, 1.82) is 0 Å². The Bertz CT molecular complexity index is 1290. The second kappa shape index (κ2) is 14.3. The zero-order valence-corrected chi connectivity index (χ0v) is 24.9. The third-order valence-electron chi connectivity index (χ3n) is 7.25. The van der Waals surface area contributed by atoms with Crippen molar-refractivity contribution in [3.05, 3.63) is 60.2 Å². The first-order valence-electron chi connectivity index (χ1n) is 14.1. The van der Waals surface area contributed by atoms with Crippen molar-refractivity contribution in [1.82, 2.24) is 14.9 Å². The summed E-state index contributed by atoms with van der Waals surface area (Å²) in [4.78, 5) is 24.6. The van der Waals surface area contributed by atoms with Gasteiger partial charge in [-0.2, -0.15) is 4.31 Å². The number of ether oxygens (including phenoxy) is 3. The Hall–Kier alpha value is -3.23. The summed E-state index contributed by atoms with van der Waals surface area (Å²) in [7, 11) is -2.56. The van der Waals surface area contributed by atoms with Crippen molar-refractivity contribution in [3.63, 3.8) is 0 Å². The van der Waals surface area contributed by atoms with E-state index < -0.39 is 40.4 Å². The predicted octanol–water partition coefficient (Wildman–Crippen LogP) is 2.54. The van der Waals surface area contributed by atoms with Gasteiger partial charge in [0, 0.05) is 25.8 Å². The minimum absolute atomic E-state index is 0.0133. The van der Waals surface area contributed by atoms with Gasteiger partial charge in [0.25, 0.3) is 0 Å². The maximum atomic E-state index is 13.7. The highest BCUT2D eigenvalue weighted by Crippen LogP contribution is 2.33. The molecule has 0 unspecified atom stereocenters. The van der Waals surface area contributed by atoms with E-state index in [2.05, 4.69) is 16.0 Å². The van der Waals surface area contributed by atoms with Crippen LogP contribution in [0.15, 0.2) is 59.5 Å². The Labute approximate surface area is 246 Å². The molecule has 0 radical (unpaired) electrons. The van der Waals surface area contributed by atoms with E-state index in [1.165, 1.54) is 35.6 Å². The Morgan fingerprint density at radius 2 is 1.79 bits per heavy atom. The summed E-state index contributed by atoms with van der Waals surface area (Å²) in [6, 6.07) is 13.8. The monoisotopic (exact) mass is 604 g/mol. The van der Waals surface area contributed by atoms with E-state index in [0.29, 0.717) is 12.3 Å². The molecule has 2 aromatic carbocycles. The van der Waals surface area contributed by atoms with Gasteiger partial charge in [0.05, 0.1) is 36.2 Å². The Morgan fingerprint density at radius 1 is 1.07 bits per heavy atom. The fraction of sp³-hybridized carbons (Fsp3) is 0.517. The van der Waals surface area contributed by atoms with Crippen molar-refractivity contribution in [3.8, 4) is 0 Å². The topological polar surface area (TPSA) is 156 Å². The number of aliphatic hydroxyl groups excluding tert-OH is 1. The lowest BCUT2D eigenvalue weighted by molar-refractivity contribution is -0.0907. The average molecular weight is 605 g/mol. The number of anilines is 1. The molecule has 0 spiro atoms. The number of carbonyl (C=O) groups excluding carboxylic acids is 2. The number of hydrogen-bond donors (Lipinski definition) is 4. The molecular weight excluding hydrogens is 564 g/mol. The fourth-order valence-electron chi connectivity index (χ4n) is 5.09. The van der Waals surface area contributed by atoms with Crippen molar-refractivity contribution in [2.24, 2.45) is 11.8 Å². The number of sulfonamides is 1. The van der Waals surface area contributed by atoms with Gasteiger partial charge in [0.15, 0.2) is 6.29 Å². The van der Waals surface area contributed by atoms with Crippen molar-refractivity contribution in [2.75, 3.05) is 38.7 Å². The fourth-order valence-corrected chi connectivity index (χ4v) is 6.71. The van der Waals surface area contributed by atoms with E-state index in [-0.39, 0.29) is 49.1 Å². The normalized spacial score (nSPS) is 21.5. The summed E-state index contributed by atoms with van der Waals surface area (Å²) in [5.41, 5.74) is 1.28. The molecule has 2 aromatic rings. The second-order valence-electron chi connectivity index (χ2n) is 10.9. The molecule has 0 aliphatic carbocycles. The second-order valence-corrected chi connectivity index (χ2v) is 12.9. The summed E-state index contributed by atoms with van der Waals surface area (Å²) in [5.74, 6) is -0.0894. The molecule has 13 heteroatoms. The van der Waals surface area contributed by atoms with Crippen molar-refractivity contribution in [2.45, 2.75) is 56.1 Å². The number of nitrogens with one attached hydrogen (secondary N) is 3. The van der Waals surface area contributed by atoms with E-state index in [0.717, 1.165) is 12.0 Å². The van der Waals surface area contributed by atoms with Crippen LogP contribution in [0.5, 0.6) is 0 Å². The molecule has 0 bridgehead atoms. The number of nitrogens with zero attached hydrogens (tertiary/aromatic N) is 1. The van der Waals surface area contributed by atoms with Crippen LogP contribution in [-0.2, 0) is 30.7 Å². The van der Waals surface area contributed by atoms with Gasteiger partial charge in [-0.1, -0.05) is 44.2 Å². The SMILES string of the molecule is CNC(=O)Nc1ccc(S(=O)(=O)N(CC(C)C)C[C@@H](O)[C@H](Cc2ccccc2)NC(=O)O[C@H]2CO[C@H]3OCC[C@H]32)cc1. The van der Waals surface area contributed by atoms with Crippen LogP contribution in [0, 0.1) is 11.8 Å². The van der Waals surface area contributed by atoms with Crippen LogP contribution in [0.4, 0.5) is 15.3 Å². The van der Waals surface area contributed by atoms with Crippen LogP contribution in [0.2, 0.25) is 0 Å². The van der Waals surface area contributed by atoms with Gasteiger partial charge >= 0.3 is 12.1 Å². The molecule has 2 fully saturated rings. The molecule has 2 heterocycles. The minimum Gasteiger partial charge on any atom is -0.443 e. The first-order valence-corrected chi connectivity index (χ1v) is 15.5. The molecule has 0 aromatic heterocycles. The molecule has 230 valence electrons. The first-order chi connectivity index (χ1) is 20.1. The molecule has 4 rings (SSSR count). The van der Waals surface area contributed by atoms with E-state index in [1.54, 1.807) is 0 Å². The molecule has 12 nitrogen and oxygen atoms in total. The predicted molar refractivity (Wildman–Crippen MR) is 155 cm³/mol. The molecule has 5 atom stereocenters. The third kappa shape index (κ3) is 8.19. The average Bonchev–Trinajstić information content (AvgIpc) is 3.58. The number of alkyl carbamates (subject to hydrolysis) is 1. The highest BCUT2D eigenvalue weighted by atomic mass is 32.2. The highest BCUT2D eigenvalue weighted by molar-refractivity contribution is 7.89. The van der Waals surface area contributed by atoms with Crippen molar-refractivity contribution >= 4 is 27.8 Å². The summed E-state index contributed by atoms with van der Waals surface area (Å²) in [6.45, 7) is 4.41. The molecule has 2 saturated heterocycles. The Morgan fingerprint density at radius 3 is 2.45 bits per heavy atom. The van der Waals surface area contributed by atoms with Gasteiger partial charge < -0.3 is 35.3 Å². The molecular formula is C29H40N4O8S. The smallest absolute Gasteiger partial charge is 0.407 e. The number of hydrogen-bond acceptors (Lipinski definition) is 8.